The molecule has 184 valence electrons. The number of aliphatic hydroxyl groups is 4. The van der Waals surface area contributed by atoms with Crippen molar-refractivity contribution >= 4 is 5.97 Å². The van der Waals surface area contributed by atoms with Crippen molar-refractivity contribution in [3.05, 3.63) is 0 Å². The predicted molar refractivity (Wildman–Crippen MR) is 121 cm³/mol. The fourth-order valence-corrected chi connectivity index (χ4v) is 8.46. The van der Waals surface area contributed by atoms with Crippen LogP contribution in [0.4, 0.5) is 0 Å². The first-order chi connectivity index (χ1) is 14.8. The van der Waals surface area contributed by atoms with Gasteiger partial charge in [0.2, 0.25) is 0 Å². The fraction of sp³-hybridized carbons (Fsp3) is 0.962. The average Bonchev–Trinajstić information content (AvgIpc) is 2.98. The van der Waals surface area contributed by atoms with E-state index in [1.54, 1.807) is 6.92 Å². The maximum atomic E-state index is 12.5. The van der Waals surface area contributed by atoms with Crippen molar-refractivity contribution in [2.24, 2.45) is 34.5 Å². The van der Waals surface area contributed by atoms with E-state index < -0.39 is 28.8 Å². The van der Waals surface area contributed by atoms with E-state index >= 15 is 0 Å². The Morgan fingerprint density at radius 1 is 1.00 bits per heavy atom. The van der Waals surface area contributed by atoms with Crippen molar-refractivity contribution < 1.29 is 30.0 Å². The molecule has 0 bridgehead atoms. The van der Waals surface area contributed by atoms with E-state index in [9.17, 15) is 25.2 Å². The third-order valence-electron chi connectivity index (χ3n) is 11.1. The number of fused-ring (bicyclic) bond motifs is 5. The summed E-state index contributed by atoms with van der Waals surface area (Å²) >= 11 is 0. The molecule has 4 saturated carbocycles. The second-order valence-electron chi connectivity index (χ2n) is 12.1. The van der Waals surface area contributed by atoms with Gasteiger partial charge >= 0.3 is 5.97 Å². The van der Waals surface area contributed by atoms with Crippen LogP contribution in [0.25, 0.3) is 0 Å². The van der Waals surface area contributed by atoms with E-state index in [4.69, 9.17) is 4.74 Å². The van der Waals surface area contributed by atoms with Gasteiger partial charge < -0.3 is 25.2 Å². The van der Waals surface area contributed by atoms with Crippen molar-refractivity contribution in [3.8, 4) is 0 Å². The first-order valence-corrected chi connectivity index (χ1v) is 12.9. The SMILES string of the molecule is CCC(C)C(=O)OC(C)C1(O)CCC2(O)C3CCC4CC(O)CCC4(C)C3CC(O)C12C. The minimum Gasteiger partial charge on any atom is -0.459 e. The third kappa shape index (κ3) is 3.08. The number of ether oxygens (including phenoxy) is 1. The van der Waals surface area contributed by atoms with Crippen molar-refractivity contribution in [3.63, 3.8) is 0 Å². The number of aliphatic hydroxyl groups excluding tert-OH is 2. The zero-order valence-corrected chi connectivity index (χ0v) is 20.5. The summed E-state index contributed by atoms with van der Waals surface area (Å²) < 4.78 is 5.71. The Balaban J connectivity index is 1.65. The molecule has 4 fully saturated rings. The van der Waals surface area contributed by atoms with Gasteiger partial charge in [-0.05, 0) is 87.9 Å². The molecule has 0 aromatic carbocycles. The van der Waals surface area contributed by atoms with E-state index in [0.717, 1.165) is 32.1 Å². The van der Waals surface area contributed by atoms with Crippen LogP contribution >= 0.6 is 0 Å². The van der Waals surface area contributed by atoms with Crippen LogP contribution in [0.3, 0.4) is 0 Å². The van der Waals surface area contributed by atoms with Crippen molar-refractivity contribution in [1.29, 1.82) is 0 Å². The molecule has 11 unspecified atom stereocenters. The summed E-state index contributed by atoms with van der Waals surface area (Å²) in [6.07, 6.45) is 4.21. The topological polar surface area (TPSA) is 107 Å². The second kappa shape index (κ2) is 7.93. The second-order valence-corrected chi connectivity index (χ2v) is 12.1. The highest BCUT2D eigenvalue weighted by molar-refractivity contribution is 5.72. The van der Waals surface area contributed by atoms with Crippen LogP contribution < -0.4 is 0 Å². The smallest absolute Gasteiger partial charge is 0.309 e. The molecular weight excluding hydrogens is 408 g/mol. The van der Waals surface area contributed by atoms with Crippen molar-refractivity contribution in [2.75, 3.05) is 0 Å². The molecular formula is C26H44O6. The number of carbonyl (C=O) groups is 1. The Morgan fingerprint density at radius 2 is 1.69 bits per heavy atom. The summed E-state index contributed by atoms with van der Waals surface area (Å²) in [5.41, 5.74) is -3.90. The van der Waals surface area contributed by atoms with Crippen LogP contribution in [-0.2, 0) is 9.53 Å². The number of carbonyl (C=O) groups excluding carboxylic acids is 1. The van der Waals surface area contributed by atoms with Gasteiger partial charge in [0.05, 0.1) is 29.1 Å². The molecule has 11 atom stereocenters. The average molecular weight is 453 g/mol. The standard InChI is InChI=1S/C26H44O6/c1-6-15(2)22(29)32-16(3)25(30)11-12-26(31)19-8-7-17-13-18(27)9-10-23(17,4)20(19)14-21(28)24(25,26)5/h15-21,27-28,30-31H,6-14H2,1-5H3. The monoisotopic (exact) mass is 452 g/mol. The van der Waals surface area contributed by atoms with E-state index in [-0.39, 0.29) is 35.2 Å². The largest absolute Gasteiger partial charge is 0.459 e. The van der Waals surface area contributed by atoms with Crippen LogP contribution in [0, 0.1) is 34.5 Å². The van der Waals surface area contributed by atoms with E-state index in [2.05, 4.69) is 6.92 Å². The van der Waals surface area contributed by atoms with Gasteiger partial charge in [-0.3, -0.25) is 4.79 Å². The number of esters is 1. The van der Waals surface area contributed by atoms with Crippen LogP contribution in [0.15, 0.2) is 0 Å². The van der Waals surface area contributed by atoms with Crippen molar-refractivity contribution in [1.82, 2.24) is 0 Å². The lowest BCUT2D eigenvalue weighted by atomic mass is 9.42. The lowest BCUT2D eigenvalue weighted by molar-refractivity contribution is -0.288. The Morgan fingerprint density at radius 3 is 2.34 bits per heavy atom. The maximum absolute atomic E-state index is 12.5. The van der Waals surface area contributed by atoms with Gasteiger partial charge in [0, 0.05) is 0 Å². The predicted octanol–water partition coefficient (Wildman–Crippen LogP) is 3.18. The van der Waals surface area contributed by atoms with Gasteiger partial charge in [-0.15, -0.1) is 0 Å². The maximum Gasteiger partial charge on any atom is 0.309 e. The molecule has 0 radical (unpaired) electrons. The molecule has 0 saturated heterocycles. The minimum absolute atomic E-state index is 0.0149. The molecule has 4 rings (SSSR count). The van der Waals surface area contributed by atoms with Gasteiger partial charge in [0.15, 0.2) is 0 Å². The highest BCUT2D eigenvalue weighted by Crippen LogP contribution is 2.70. The molecule has 0 heterocycles. The van der Waals surface area contributed by atoms with Gasteiger partial charge in [-0.2, -0.15) is 0 Å². The highest BCUT2D eigenvalue weighted by Gasteiger charge is 2.76. The third-order valence-corrected chi connectivity index (χ3v) is 11.1. The molecule has 32 heavy (non-hydrogen) atoms. The van der Waals surface area contributed by atoms with Crippen LogP contribution in [0.5, 0.6) is 0 Å². The summed E-state index contributed by atoms with van der Waals surface area (Å²) in [6, 6.07) is 0. The Labute approximate surface area is 192 Å². The molecule has 0 aromatic rings. The lowest BCUT2D eigenvalue weighted by Crippen LogP contribution is -2.72. The van der Waals surface area contributed by atoms with E-state index in [0.29, 0.717) is 31.6 Å². The zero-order valence-electron chi connectivity index (χ0n) is 20.5. The van der Waals surface area contributed by atoms with Gasteiger partial charge in [-0.25, -0.2) is 0 Å². The Hall–Kier alpha value is -0.690. The minimum atomic E-state index is -1.49. The summed E-state index contributed by atoms with van der Waals surface area (Å²) in [6.45, 7) is 9.54. The molecule has 0 amide bonds. The Bertz CT molecular complexity index is 742. The first-order valence-electron chi connectivity index (χ1n) is 12.9. The molecule has 6 nitrogen and oxygen atoms in total. The summed E-state index contributed by atoms with van der Waals surface area (Å²) in [7, 11) is 0. The van der Waals surface area contributed by atoms with Gasteiger partial charge in [0.1, 0.15) is 11.7 Å². The number of rotatable bonds is 4. The van der Waals surface area contributed by atoms with E-state index in [1.807, 2.05) is 20.8 Å². The van der Waals surface area contributed by atoms with E-state index in [1.165, 1.54) is 0 Å². The molecule has 0 aromatic heterocycles. The fourth-order valence-electron chi connectivity index (χ4n) is 8.46. The molecule has 4 N–H and O–H groups in total. The summed E-state index contributed by atoms with van der Waals surface area (Å²) in [5, 5.41) is 46.0. The number of hydrogen-bond donors (Lipinski definition) is 4. The van der Waals surface area contributed by atoms with Crippen LogP contribution in [-0.4, -0.2) is 55.9 Å². The molecule has 4 aliphatic carbocycles. The van der Waals surface area contributed by atoms with Crippen LogP contribution in [0.2, 0.25) is 0 Å². The zero-order chi connectivity index (χ0) is 23.7. The molecule has 4 aliphatic rings. The molecule has 0 aliphatic heterocycles. The first kappa shape index (κ1) is 24.4. The van der Waals surface area contributed by atoms with Gasteiger partial charge in [0.25, 0.3) is 0 Å². The Kier molecular flexibility index (Phi) is 6.05. The van der Waals surface area contributed by atoms with Crippen LogP contribution in [0.1, 0.15) is 92.4 Å². The highest BCUT2D eigenvalue weighted by atomic mass is 16.6. The summed E-state index contributed by atoms with van der Waals surface area (Å²) in [5.74, 6) is -0.0551. The normalized spacial score (nSPS) is 52.3. The molecule has 0 spiro atoms. The molecule has 6 heteroatoms. The number of hydrogen-bond acceptors (Lipinski definition) is 6. The van der Waals surface area contributed by atoms with Crippen molar-refractivity contribution in [2.45, 2.75) is 122 Å². The summed E-state index contributed by atoms with van der Waals surface area (Å²) in [4.78, 5) is 12.5. The quantitative estimate of drug-likeness (QED) is 0.488. The lowest BCUT2D eigenvalue weighted by Gasteiger charge is -2.65. The van der Waals surface area contributed by atoms with Gasteiger partial charge in [-0.1, -0.05) is 27.7 Å².